The lowest BCUT2D eigenvalue weighted by atomic mass is 10.2. The van der Waals surface area contributed by atoms with Gasteiger partial charge in [0.05, 0.1) is 0 Å². The Morgan fingerprint density at radius 2 is 1.88 bits per heavy atom. The summed E-state index contributed by atoms with van der Waals surface area (Å²) in [4.78, 5) is 0. The van der Waals surface area contributed by atoms with Gasteiger partial charge < -0.3 is 5.73 Å². The molecule has 1 aromatic rings. The van der Waals surface area contributed by atoms with Gasteiger partial charge in [0.1, 0.15) is 0 Å². The van der Waals surface area contributed by atoms with Gasteiger partial charge in [-0.2, -0.15) is 0 Å². The Kier molecular flexibility index (Phi) is 4.12. The molecule has 0 bridgehead atoms. The van der Waals surface area contributed by atoms with Crippen LogP contribution in [0.2, 0.25) is 0 Å². The summed E-state index contributed by atoms with van der Waals surface area (Å²) in [5, 5.41) is -0.938. The Balaban J connectivity index is 2.90. The molecule has 1 aromatic carbocycles. The lowest BCUT2D eigenvalue weighted by Crippen LogP contribution is -2.22. The van der Waals surface area contributed by atoms with Crippen LogP contribution in [0, 0.1) is 0 Å². The number of hydrogen-bond donors (Lipinski definition) is 2. The van der Waals surface area contributed by atoms with E-state index in [2.05, 4.69) is 4.72 Å². The van der Waals surface area contributed by atoms with Crippen LogP contribution in [-0.4, -0.2) is 28.2 Å². The quantitative estimate of drug-likeness (QED) is 0.781. The van der Waals surface area contributed by atoms with Crippen LogP contribution in [0.4, 0.5) is 5.69 Å². The van der Waals surface area contributed by atoms with Crippen molar-refractivity contribution in [3.8, 4) is 0 Å². The van der Waals surface area contributed by atoms with Crippen molar-refractivity contribution in [3.05, 3.63) is 29.8 Å². The lowest BCUT2D eigenvalue weighted by molar-refractivity contribution is 0.595. The van der Waals surface area contributed by atoms with Gasteiger partial charge in [0.25, 0.3) is 0 Å². The molecule has 0 amide bonds. The van der Waals surface area contributed by atoms with Crippen molar-refractivity contribution in [3.63, 3.8) is 0 Å². The minimum atomic E-state index is -3.90. The maximum atomic E-state index is 11.5. The highest BCUT2D eigenvalue weighted by Crippen LogP contribution is 2.12. The summed E-state index contributed by atoms with van der Waals surface area (Å²) >= 11 is 0. The Bertz CT molecular complexity index is 593. The summed E-state index contributed by atoms with van der Waals surface area (Å²) in [6.45, 7) is 0.279. The van der Waals surface area contributed by atoms with Gasteiger partial charge in [-0.25, -0.2) is 16.8 Å². The first-order valence-electron chi connectivity index (χ1n) is 4.69. The summed E-state index contributed by atoms with van der Waals surface area (Å²) in [6.07, 6.45) is 0.864. The number of sulfone groups is 1. The van der Waals surface area contributed by atoms with Crippen molar-refractivity contribution in [1.82, 2.24) is 0 Å². The Labute approximate surface area is 101 Å². The van der Waals surface area contributed by atoms with E-state index in [1.54, 1.807) is 18.2 Å². The van der Waals surface area contributed by atoms with Crippen molar-refractivity contribution < 1.29 is 16.8 Å². The van der Waals surface area contributed by atoms with Gasteiger partial charge in [-0.3, -0.25) is 4.72 Å². The van der Waals surface area contributed by atoms with Crippen LogP contribution >= 0.6 is 0 Å². The topological polar surface area (TPSA) is 106 Å². The Morgan fingerprint density at radius 3 is 2.41 bits per heavy atom. The Hall–Kier alpha value is -1.12. The first kappa shape index (κ1) is 13.9. The standard InChI is InChI=1S/C9H14N2O4S2/c1-16(12,13)7-17(14,15)11-9-4-2-3-8(5-9)6-10/h2-5,11H,6-7,10H2,1H3. The number of anilines is 1. The number of benzene rings is 1. The van der Waals surface area contributed by atoms with E-state index >= 15 is 0 Å². The van der Waals surface area contributed by atoms with Gasteiger partial charge in [0.2, 0.25) is 10.0 Å². The molecule has 1 rings (SSSR count). The molecule has 0 fully saturated rings. The first-order valence-corrected chi connectivity index (χ1v) is 8.40. The zero-order chi connectivity index (χ0) is 13.1. The molecule has 0 saturated heterocycles. The first-order chi connectivity index (χ1) is 7.72. The molecule has 0 aliphatic heterocycles. The van der Waals surface area contributed by atoms with Crippen molar-refractivity contribution >= 4 is 25.5 Å². The minimum absolute atomic E-state index is 0.279. The van der Waals surface area contributed by atoms with Gasteiger partial charge in [-0.15, -0.1) is 0 Å². The van der Waals surface area contributed by atoms with E-state index in [1.165, 1.54) is 6.07 Å². The van der Waals surface area contributed by atoms with E-state index in [4.69, 9.17) is 5.73 Å². The molecule has 3 N–H and O–H groups in total. The molecule has 96 valence electrons. The maximum Gasteiger partial charge on any atom is 0.247 e. The third kappa shape index (κ3) is 5.16. The van der Waals surface area contributed by atoms with Crippen molar-refractivity contribution in [2.45, 2.75) is 6.54 Å². The molecule has 0 unspecified atom stereocenters. The average Bonchev–Trinajstić information content (AvgIpc) is 2.13. The molecule has 0 atom stereocenters. The van der Waals surface area contributed by atoms with Crippen molar-refractivity contribution in [2.24, 2.45) is 5.73 Å². The molecule has 0 aliphatic rings. The molecule has 17 heavy (non-hydrogen) atoms. The summed E-state index contributed by atoms with van der Waals surface area (Å²) < 4.78 is 47.0. The van der Waals surface area contributed by atoms with Crippen LogP contribution in [0.25, 0.3) is 0 Å². The Morgan fingerprint density at radius 1 is 1.24 bits per heavy atom. The monoisotopic (exact) mass is 278 g/mol. The normalized spacial score (nSPS) is 12.4. The van der Waals surface area contributed by atoms with Gasteiger partial charge in [-0.05, 0) is 17.7 Å². The number of hydrogen-bond acceptors (Lipinski definition) is 5. The summed E-state index contributed by atoms with van der Waals surface area (Å²) in [5.41, 5.74) is 6.47. The number of nitrogens with two attached hydrogens (primary N) is 1. The third-order valence-corrected chi connectivity index (χ3v) is 5.31. The van der Waals surface area contributed by atoms with E-state index < -0.39 is 24.9 Å². The molecule has 0 heterocycles. The van der Waals surface area contributed by atoms with Crippen LogP contribution in [0.15, 0.2) is 24.3 Å². The molecular formula is C9H14N2O4S2. The maximum absolute atomic E-state index is 11.5. The van der Waals surface area contributed by atoms with Gasteiger partial charge >= 0.3 is 0 Å². The van der Waals surface area contributed by atoms with E-state index in [9.17, 15) is 16.8 Å². The minimum Gasteiger partial charge on any atom is -0.326 e. The molecular weight excluding hydrogens is 264 g/mol. The molecule has 0 saturated carbocycles. The summed E-state index contributed by atoms with van der Waals surface area (Å²) in [6, 6.07) is 6.47. The lowest BCUT2D eigenvalue weighted by Gasteiger charge is -2.07. The second kappa shape index (κ2) is 5.03. The fourth-order valence-corrected chi connectivity index (χ4v) is 4.23. The number of sulfonamides is 1. The molecule has 0 spiro atoms. The zero-order valence-corrected chi connectivity index (χ0v) is 10.9. The second-order valence-electron chi connectivity index (χ2n) is 3.66. The SMILES string of the molecule is CS(=O)(=O)CS(=O)(=O)Nc1cccc(CN)c1. The predicted octanol–water partition coefficient (Wildman–Crippen LogP) is -0.111. The van der Waals surface area contributed by atoms with Gasteiger partial charge in [0, 0.05) is 18.5 Å². The highest BCUT2D eigenvalue weighted by molar-refractivity contribution is 8.08. The van der Waals surface area contributed by atoms with E-state index in [0.29, 0.717) is 5.69 Å². The van der Waals surface area contributed by atoms with Crippen LogP contribution < -0.4 is 10.5 Å². The average molecular weight is 278 g/mol. The van der Waals surface area contributed by atoms with E-state index in [-0.39, 0.29) is 6.54 Å². The fourth-order valence-electron chi connectivity index (χ4n) is 1.25. The van der Waals surface area contributed by atoms with Crippen molar-refractivity contribution in [2.75, 3.05) is 16.1 Å². The molecule has 0 aliphatic carbocycles. The number of nitrogens with one attached hydrogen (secondary N) is 1. The second-order valence-corrected chi connectivity index (χ2v) is 7.89. The van der Waals surface area contributed by atoms with E-state index in [0.717, 1.165) is 11.8 Å². The number of rotatable bonds is 5. The fraction of sp³-hybridized carbons (Fsp3) is 0.333. The molecule has 6 nitrogen and oxygen atoms in total. The van der Waals surface area contributed by atoms with Crippen LogP contribution in [0.5, 0.6) is 0 Å². The molecule has 8 heteroatoms. The highest BCUT2D eigenvalue weighted by Gasteiger charge is 2.17. The van der Waals surface area contributed by atoms with Gasteiger partial charge in [0.15, 0.2) is 14.9 Å². The van der Waals surface area contributed by atoms with Crippen LogP contribution in [0.3, 0.4) is 0 Å². The van der Waals surface area contributed by atoms with Crippen LogP contribution in [0.1, 0.15) is 5.56 Å². The third-order valence-electron chi connectivity index (χ3n) is 1.81. The predicted molar refractivity (Wildman–Crippen MR) is 66.6 cm³/mol. The smallest absolute Gasteiger partial charge is 0.247 e. The van der Waals surface area contributed by atoms with Crippen LogP contribution in [-0.2, 0) is 26.4 Å². The summed E-state index contributed by atoms with van der Waals surface area (Å²) in [5.74, 6) is 0. The van der Waals surface area contributed by atoms with E-state index in [1.807, 2.05) is 0 Å². The zero-order valence-electron chi connectivity index (χ0n) is 9.25. The highest BCUT2D eigenvalue weighted by atomic mass is 32.3. The van der Waals surface area contributed by atoms with Gasteiger partial charge in [-0.1, -0.05) is 12.1 Å². The van der Waals surface area contributed by atoms with Crippen molar-refractivity contribution in [1.29, 1.82) is 0 Å². The molecule has 0 radical (unpaired) electrons. The summed E-state index contributed by atoms with van der Waals surface area (Å²) in [7, 11) is -7.49. The largest absolute Gasteiger partial charge is 0.326 e. The molecule has 0 aromatic heterocycles.